The molecule has 0 spiro atoms. The topological polar surface area (TPSA) is 8.81 Å². The van der Waals surface area contributed by atoms with E-state index in [2.05, 4.69) is 41.0 Å². The van der Waals surface area contributed by atoms with Crippen LogP contribution in [0.4, 0.5) is 0 Å². The summed E-state index contributed by atoms with van der Waals surface area (Å²) in [7, 11) is 0. The lowest BCUT2D eigenvalue weighted by molar-refractivity contribution is -0.696. The standard InChI is InChI=1S/C11H21N2S/c1-3-4-5-6-12-7-8-13(11-12)9-10-14-2/h7-8,11H,3-6,9-10H2,1-2H3/q+1. The Bertz CT molecular complexity index is 245. The first-order chi connectivity index (χ1) is 6.86. The number of thioether (sulfide) groups is 1. The van der Waals surface area contributed by atoms with Gasteiger partial charge < -0.3 is 0 Å². The van der Waals surface area contributed by atoms with Crippen molar-refractivity contribution in [3.05, 3.63) is 18.7 Å². The predicted octanol–water partition coefficient (Wildman–Crippen LogP) is 2.33. The van der Waals surface area contributed by atoms with Gasteiger partial charge >= 0.3 is 0 Å². The van der Waals surface area contributed by atoms with Crippen LogP contribution in [0.1, 0.15) is 26.2 Å². The number of nitrogens with zero attached hydrogens (tertiary/aromatic N) is 2. The summed E-state index contributed by atoms with van der Waals surface area (Å²) >= 11 is 1.90. The molecule has 3 heteroatoms. The number of hydrogen-bond donors (Lipinski definition) is 0. The summed E-state index contributed by atoms with van der Waals surface area (Å²) in [6.07, 6.45) is 12.6. The van der Waals surface area contributed by atoms with Gasteiger partial charge in [0.1, 0.15) is 12.4 Å². The molecule has 1 aromatic rings. The van der Waals surface area contributed by atoms with E-state index in [1.54, 1.807) is 0 Å². The first-order valence-electron chi connectivity index (χ1n) is 5.40. The summed E-state index contributed by atoms with van der Waals surface area (Å²) in [5.74, 6) is 1.20. The van der Waals surface area contributed by atoms with Crippen molar-refractivity contribution >= 4 is 11.8 Å². The third kappa shape index (κ3) is 4.18. The highest BCUT2D eigenvalue weighted by Crippen LogP contribution is 1.96. The van der Waals surface area contributed by atoms with E-state index in [9.17, 15) is 0 Å². The number of aryl methyl sites for hydroxylation is 2. The minimum absolute atomic E-state index is 1.13. The zero-order valence-electron chi connectivity index (χ0n) is 9.28. The summed E-state index contributed by atoms with van der Waals surface area (Å²) in [5.41, 5.74) is 0. The summed E-state index contributed by atoms with van der Waals surface area (Å²) in [5, 5.41) is 0. The fourth-order valence-electron chi connectivity index (χ4n) is 1.44. The SMILES string of the molecule is CCCCC[n+]1ccn(CCSC)c1. The lowest BCUT2D eigenvalue weighted by Crippen LogP contribution is -2.30. The molecule has 2 nitrogen and oxygen atoms in total. The van der Waals surface area contributed by atoms with Gasteiger partial charge in [0, 0.05) is 5.75 Å². The van der Waals surface area contributed by atoms with Gasteiger partial charge in [-0.1, -0.05) is 13.3 Å². The molecule has 0 saturated carbocycles. The fourth-order valence-corrected chi connectivity index (χ4v) is 1.84. The Kier molecular flexibility index (Phi) is 5.76. The maximum Gasteiger partial charge on any atom is 0.243 e. The maximum absolute atomic E-state index is 2.29. The Morgan fingerprint density at radius 1 is 1.36 bits per heavy atom. The average molecular weight is 213 g/mol. The van der Waals surface area contributed by atoms with Gasteiger partial charge in [-0.05, 0) is 19.1 Å². The second-order valence-electron chi connectivity index (χ2n) is 3.59. The molecule has 0 unspecified atom stereocenters. The van der Waals surface area contributed by atoms with Crippen LogP contribution in [0.25, 0.3) is 0 Å². The van der Waals surface area contributed by atoms with Crippen molar-refractivity contribution in [2.75, 3.05) is 12.0 Å². The quantitative estimate of drug-likeness (QED) is 0.499. The number of hydrogen-bond acceptors (Lipinski definition) is 1. The summed E-state index contributed by atoms with van der Waals surface area (Å²) < 4.78 is 4.55. The highest BCUT2D eigenvalue weighted by Gasteiger charge is 2.01. The third-order valence-electron chi connectivity index (χ3n) is 2.32. The molecular weight excluding hydrogens is 192 g/mol. The van der Waals surface area contributed by atoms with Crippen molar-refractivity contribution in [3.8, 4) is 0 Å². The van der Waals surface area contributed by atoms with Crippen LogP contribution in [-0.2, 0) is 13.1 Å². The summed E-state index contributed by atoms with van der Waals surface area (Å²) in [6.45, 7) is 4.54. The number of aromatic nitrogens is 2. The third-order valence-corrected chi connectivity index (χ3v) is 2.91. The second kappa shape index (κ2) is 6.93. The Morgan fingerprint density at radius 3 is 2.93 bits per heavy atom. The first kappa shape index (κ1) is 11.6. The fraction of sp³-hybridized carbons (Fsp3) is 0.727. The van der Waals surface area contributed by atoms with E-state index in [-0.39, 0.29) is 0 Å². The van der Waals surface area contributed by atoms with Gasteiger partial charge in [0.05, 0.1) is 13.1 Å². The Labute approximate surface area is 91.3 Å². The molecule has 0 fully saturated rings. The van der Waals surface area contributed by atoms with E-state index >= 15 is 0 Å². The minimum atomic E-state index is 1.13. The van der Waals surface area contributed by atoms with Gasteiger partial charge in [-0.15, -0.1) is 0 Å². The molecule has 1 aromatic heterocycles. The zero-order chi connectivity index (χ0) is 10.2. The highest BCUT2D eigenvalue weighted by atomic mass is 32.2. The number of rotatable bonds is 7. The van der Waals surface area contributed by atoms with Crippen molar-refractivity contribution in [2.45, 2.75) is 39.3 Å². The van der Waals surface area contributed by atoms with Gasteiger partial charge in [-0.2, -0.15) is 11.8 Å². The van der Waals surface area contributed by atoms with E-state index in [0.29, 0.717) is 0 Å². The predicted molar refractivity (Wildman–Crippen MR) is 62.5 cm³/mol. The van der Waals surface area contributed by atoms with Crippen LogP contribution >= 0.6 is 11.8 Å². The highest BCUT2D eigenvalue weighted by molar-refractivity contribution is 7.98. The van der Waals surface area contributed by atoms with Crippen LogP contribution in [0.2, 0.25) is 0 Å². The van der Waals surface area contributed by atoms with Crippen molar-refractivity contribution in [1.29, 1.82) is 0 Å². The van der Waals surface area contributed by atoms with Crippen molar-refractivity contribution in [2.24, 2.45) is 0 Å². The normalized spacial score (nSPS) is 10.7. The number of imidazole rings is 1. The molecule has 0 aliphatic carbocycles. The molecule has 0 radical (unpaired) electrons. The van der Waals surface area contributed by atoms with E-state index in [4.69, 9.17) is 0 Å². The molecule has 0 amide bonds. The average Bonchev–Trinajstić information content (AvgIpc) is 2.63. The molecule has 80 valence electrons. The van der Waals surface area contributed by atoms with Crippen LogP contribution in [0.5, 0.6) is 0 Å². The van der Waals surface area contributed by atoms with Crippen molar-refractivity contribution in [1.82, 2.24) is 4.57 Å². The molecule has 1 heterocycles. The van der Waals surface area contributed by atoms with E-state index in [1.807, 2.05) is 11.8 Å². The molecule has 0 aliphatic rings. The lowest BCUT2D eigenvalue weighted by Gasteiger charge is -1.95. The molecular formula is C11H21N2S+. The van der Waals surface area contributed by atoms with Crippen LogP contribution < -0.4 is 4.57 Å². The van der Waals surface area contributed by atoms with Crippen LogP contribution in [0, 0.1) is 0 Å². The molecule has 0 saturated heterocycles. The molecule has 0 aliphatic heterocycles. The Morgan fingerprint density at radius 2 is 2.21 bits per heavy atom. The van der Waals surface area contributed by atoms with Gasteiger partial charge in [0.15, 0.2) is 0 Å². The van der Waals surface area contributed by atoms with Crippen LogP contribution in [-0.4, -0.2) is 16.6 Å². The molecule has 0 bridgehead atoms. The van der Waals surface area contributed by atoms with Crippen LogP contribution in [0.15, 0.2) is 18.7 Å². The second-order valence-corrected chi connectivity index (χ2v) is 4.57. The molecule has 0 N–H and O–H groups in total. The van der Waals surface area contributed by atoms with Crippen molar-refractivity contribution in [3.63, 3.8) is 0 Å². The van der Waals surface area contributed by atoms with Crippen LogP contribution in [0.3, 0.4) is 0 Å². The monoisotopic (exact) mass is 213 g/mol. The number of unbranched alkanes of at least 4 members (excludes halogenated alkanes) is 2. The minimum Gasteiger partial charge on any atom is -0.237 e. The molecule has 1 rings (SSSR count). The summed E-state index contributed by atoms with van der Waals surface area (Å²) in [4.78, 5) is 0. The van der Waals surface area contributed by atoms with Gasteiger partial charge in [0.25, 0.3) is 0 Å². The van der Waals surface area contributed by atoms with Crippen molar-refractivity contribution < 1.29 is 4.57 Å². The zero-order valence-corrected chi connectivity index (χ0v) is 10.1. The van der Waals surface area contributed by atoms with E-state index < -0.39 is 0 Å². The smallest absolute Gasteiger partial charge is 0.237 e. The van der Waals surface area contributed by atoms with E-state index in [1.165, 1.54) is 31.6 Å². The molecule has 14 heavy (non-hydrogen) atoms. The Balaban J connectivity index is 2.27. The largest absolute Gasteiger partial charge is 0.243 e. The van der Waals surface area contributed by atoms with Gasteiger partial charge in [-0.25, -0.2) is 9.13 Å². The summed E-state index contributed by atoms with van der Waals surface area (Å²) in [6, 6.07) is 0. The Hall–Kier alpha value is -0.440. The maximum atomic E-state index is 2.29. The first-order valence-corrected chi connectivity index (χ1v) is 6.80. The van der Waals surface area contributed by atoms with E-state index in [0.717, 1.165) is 6.54 Å². The van der Waals surface area contributed by atoms with Gasteiger partial charge in [-0.3, -0.25) is 0 Å². The molecule has 0 aromatic carbocycles. The van der Waals surface area contributed by atoms with Gasteiger partial charge in [0.2, 0.25) is 6.33 Å². The lowest BCUT2D eigenvalue weighted by atomic mass is 10.2. The molecule has 0 atom stereocenters.